The Kier molecular flexibility index (Phi) is 4.98. The number of carbonyl (C=O) groups is 2. The van der Waals surface area contributed by atoms with Gasteiger partial charge in [0.2, 0.25) is 0 Å². The first kappa shape index (κ1) is 17.5. The molecule has 0 spiro atoms. The van der Waals surface area contributed by atoms with Crippen molar-refractivity contribution in [1.29, 1.82) is 0 Å². The molecule has 1 atom stereocenters. The van der Waals surface area contributed by atoms with Crippen molar-refractivity contribution >= 4 is 11.8 Å². The normalized spacial score (nSPS) is 23.7. The maximum atomic E-state index is 13.1. The molecule has 1 aromatic heterocycles. The van der Waals surface area contributed by atoms with E-state index in [1.54, 1.807) is 4.90 Å². The predicted octanol–water partition coefficient (Wildman–Crippen LogP) is 1.56. The van der Waals surface area contributed by atoms with Gasteiger partial charge in [0.05, 0.1) is 18.9 Å². The average molecular weight is 360 g/mol. The molecule has 1 unspecified atom stereocenters. The van der Waals surface area contributed by atoms with Gasteiger partial charge in [-0.15, -0.1) is 0 Å². The maximum absolute atomic E-state index is 13.1. The highest BCUT2D eigenvalue weighted by Crippen LogP contribution is 2.25. The van der Waals surface area contributed by atoms with E-state index in [-0.39, 0.29) is 11.8 Å². The van der Waals surface area contributed by atoms with Crippen molar-refractivity contribution in [3.63, 3.8) is 0 Å². The second kappa shape index (κ2) is 7.39. The third-order valence-corrected chi connectivity index (χ3v) is 5.75. The topological polar surface area (TPSA) is 67.7 Å². The fourth-order valence-electron chi connectivity index (χ4n) is 4.31. The summed E-state index contributed by atoms with van der Waals surface area (Å²) in [5.74, 6) is 0.925. The van der Waals surface area contributed by atoms with Crippen LogP contribution < -0.4 is 0 Å². The molecule has 7 nitrogen and oxygen atoms in total. The number of piperidine rings is 1. The van der Waals surface area contributed by atoms with E-state index in [9.17, 15) is 9.59 Å². The smallest absolute Gasteiger partial charge is 0.289 e. The lowest BCUT2D eigenvalue weighted by Crippen LogP contribution is -2.41. The largest absolute Gasteiger partial charge is 0.378 e. The van der Waals surface area contributed by atoms with Crippen LogP contribution in [0.15, 0.2) is 0 Å². The minimum absolute atomic E-state index is 0.0132. The van der Waals surface area contributed by atoms with Crippen LogP contribution in [-0.2, 0) is 17.7 Å². The molecule has 3 aliphatic rings. The van der Waals surface area contributed by atoms with Crippen molar-refractivity contribution in [1.82, 2.24) is 19.4 Å². The summed E-state index contributed by atoms with van der Waals surface area (Å²) in [5, 5.41) is 0. The van der Waals surface area contributed by atoms with Gasteiger partial charge in [-0.05, 0) is 38.0 Å². The van der Waals surface area contributed by atoms with Crippen molar-refractivity contribution < 1.29 is 14.3 Å². The Morgan fingerprint density at radius 1 is 1.00 bits per heavy atom. The van der Waals surface area contributed by atoms with E-state index in [4.69, 9.17) is 4.74 Å². The third kappa shape index (κ3) is 3.24. The highest BCUT2D eigenvalue weighted by molar-refractivity contribution is 5.97. The molecular formula is C19H28N4O3. The van der Waals surface area contributed by atoms with Gasteiger partial charge in [0.1, 0.15) is 5.69 Å². The molecule has 142 valence electrons. The zero-order valence-corrected chi connectivity index (χ0v) is 15.6. The number of amides is 2. The lowest BCUT2D eigenvalue weighted by molar-refractivity contribution is 0.0298. The molecule has 4 rings (SSSR count). The molecule has 0 aromatic carbocycles. The molecule has 2 fully saturated rings. The van der Waals surface area contributed by atoms with Gasteiger partial charge in [-0.2, -0.15) is 0 Å². The van der Waals surface area contributed by atoms with Crippen molar-refractivity contribution in [3.05, 3.63) is 17.2 Å². The van der Waals surface area contributed by atoms with Gasteiger partial charge in [0, 0.05) is 32.7 Å². The van der Waals surface area contributed by atoms with E-state index in [1.165, 1.54) is 6.42 Å². The van der Waals surface area contributed by atoms with Crippen LogP contribution in [0, 0.1) is 5.92 Å². The summed E-state index contributed by atoms with van der Waals surface area (Å²) in [6.07, 6.45) is 5.11. The van der Waals surface area contributed by atoms with Gasteiger partial charge >= 0.3 is 0 Å². The second-order valence-corrected chi connectivity index (χ2v) is 7.74. The number of fused-ring (bicyclic) bond motifs is 1. The molecule has 0 bridgehead atoms. The van der Waals surface area contributed by atoms with Crippen molar-refractivity contribution in [2.45, 2.75) is 45.6 Å². The Morgan fingerprint density at radius 3 is 2.58 bits per heavy atom. The Bertz CT molecular complexity index is 693. The number of hydrogen-bond donors (Lipinski definition) is 0. The third-order valence-electron chi connectivity index (χ3n) is 5.75. The number of imidazole rings is 1. The molecular weight excluding hydrogens is 332 g/mol. The number of nitrogens with zero attached hydrogens (tertiary/aromatic N) is 4. The first-order valence-electron chi connectivity index (χ1n) is 9.91. The summed E-state index contributed by atoms with van der Waals surface area (Å²) in [7, 11) is 0. The van der Waals surface area contributed by atoms with Crippen LogP contribution in [0.3, 0.4) is 0 Å². The lowest BCUT2D eigenvalue weighted by Gasteiger charge is -2.31. The van der Waals surface area contributed by atoms with E-state index in [0.717, 1.165) is 51.0 Å². The van der Waals surface area contributed by atoms with E-state index >= 15 is 0 Å². The van der Waals surface area contributed by atoms with Crippen LogP contribution >= 0.6 is 0 Å². The second-order valence-electron chi connectivity index (χ2n) is 7.74. The molecule has 0 aliphatic carbocycles. The van der Waals surface area contributed by atoms with Crippen LogP contribution in [0.4, 0.5) is 0 Å². The zero-order chi connectivity index (χ0) is 18.1. The summed E-state index contributed by atoms with van der Waals surface area (Å²) in [6.45, 7) is 6.87. The Morgan fingerprint density at radius 2 is 1.81 bits per heavy atom. The van der Waals surface area contributed by atoms with Gasteiger partial charge in [-0.3, -0.25) is 9.59 Å². The molecule has 4 heterocycles. The summed E-state index contributed by atoms with van der Waals surface area (Å²) in [4.78, 5) is 34.5. The number of likely N-dealkylation sites (tertiary alicyclic amines) is 1. The average Bonchev–Trinajstić information content (AvgIpc) is 3.07. The Labute approximate surface area is 154 Å². The Balaban J connectivity index is 1.64. The van der Waals surface area contributed by atoms with Gasteiger partial charge < -0.3 is 19.1 Å². The lowest BCUT2D eigenvalue weighted by atomic mass is 10.0. The number of morpholine rings is 1. The summed E-state index contributed by atoms with van der Waals surface area (Å²) in [6, 6.07) is 0. The van der Waals surface area contributed by atoms with Gasteiger partial charge in [-0.1, -0.05) is 6.92 Å². The van der Waals surface area contributed by atoms with Gasteiger partial charge in [0.25, 0.3) is 11.8 Å². The fraction of sp³-hybridized carbons (Fsp3) is 0.737. The number of ether oxygens (including phenoxy) is 1. The molecule has 2 amide bonds. The SMILES string of the molecule is CC1CCCN(C(=O)c2nc(C(=O)N3CCOCC3)c3n2CCCC3)C1. The minimum atomic E-state index is -0.0509. The van der Waals surface area contributed by atoms with E-state index in [0.29, 0.717) is 43.7 Å². The monoisotopic (exact) mass is 360 g/mol. The van der Waals surface area contributed by atoms with Gasteiger partial charge in [-0.25, -0.2) is 4.98 Å². The number of aromatic nitrogens is 2. The molecule has 0 radical (unpaired) electrons. The first-order chi connectivity index (χ1) is 12.6. The molecule has 2 saturated heterocycles. The zero-order valence-electron chi connectivity index (χ0n) is 15.6. The highest BCUT2D eigenvalue weighted by Gasteiger charge is 2.33. The molecule has 3 aliphatic heterocycles. The van der Waals surface area contributed by atoms with E-state index in [2.05, 4.69) is 11.9 Å². The molecule has 26 heavy (non-hydrogen) atoms. The minimum Gasteiger partial charge on any atom is -0.378 e. The summed E-state index contributed by atoms with van der Waals surface area (Å²) < 4.78 is 7.36. The molecule has 0 N–H and O–H groups in total. The van der Waals surface area contributed by atoms with Gasteiger partial charge in [0.15, 0.2) is 5.82 Å². The fourth-order valence-corrected chi connectivity index (χ4v) is 4.31. The molecule has 1 aromatic rings. The van der Waals surface area contributed by atoms with Crippen molar-refractivity contribution in [2.24, 2.45) is 5.92 Å². The first-order valence-corrected chi connectivity index (χ1v) is 9.91. The predicted molar refractivity (Wildman–Crippen MR) is 96.2 cm³/mol. The van der Waals surface area contributed by atoms with Crippen molar-refractivity contribution in [3.8, 4) is 0 Å². The molecule has 0 saturated carbocycles. The highest BCUT2D eigenvalue weighted by atomic mass is 16.5. The van der Waals surface area contributed by atoms with Crippen LogP contribution in [0.5, 0.6) is 0 Å². The van der Waals surface area contributed by atoms with Crippen molar-refractivity contribution in [2.75, 3.05) is 39.4 Å². The van der Waals surface area contributed by atoms with Crippen LogP contribution in [0.25, 0.3) is 0 Å². The maximum Gasteiger partial charge on any atom is 0.289 e. The van der Waals surface area contributed by atoms with E-state index in [1.807, 2.05) is 9.47 Å². The van der Waals surface area contributed by atoms with E-state index < -0.39 is 0 Å². The van der Waals surface area contributed by atoms with Crippen LogP contribution in [0.1, 0.15) is 59.4 Å². The Hall–Kier alpha value is -1.89. The summed E-state index contributed by atoms with van der Waals surface area (Å²) in [5.41, 5.74) is 1.43. The quantitative estimate of drug-likeness (QED) is 0.803. The summed E-state index contributed by atoms with van der Waals surface area (Å²) >= 11 is 0. The molecule has 7 heteroatoms. The number of carbonyl (C=O) groups excluding carboxylic acids is 2. The number of hydrogen-bond acceptors (Lipinski definition) is 4. The number of rotatable bonds is 2. The van der Waals surface area contributed by atoms with Crippen LogP contribution in [0.2, 0.25) is 0 Å². The standard InChI is InChI=1S/C19H28N4O3/c1-14-5-4-7-22(13-14)19(25)17-20-16(15-6-2-3-8-23(15)17)18(24)21-9-11-26-12-10-21/h14H,2-13H2,1H3. The van der Waals surface area contributed by atoms with Crippen LogP contribution in [-0.4, -0.2) is 70.6 Å².